The maximum absolute atomic E-state index is 12.0. The molecule has 6 heteroatoms. The van der Waals surface area contributed by atoms with Crippen LogP contribution in [0.3, 0.4) is 0 Å². The number of aromatic nitrogens is 3. The van der Waals surface area contributed by atoms with E-state index in [4.69, 9.17) is 0 Å². The Balaban J connectivity index is 1.90. The predicted molar refractivity (Wildman–Crippen MR) is 77.1 cm³/mol. The van der Waals surface area contributed by atoms with Crippen molar-refractivity contribution in [2.75, 3.05) is 6.54 Å². The van der Waals surface area contributed by atoms with Gasteiger partial charge in [-0.25, -0.2) is 0 Å². The van der Waals surface area contributed by atoms with Crippen molar-refractivity contribution in [1.29, 1.82) is 0 Å². The van der Waals surface area contributed by atoms with Crippen LogP contribution in [0.4, 0.5) is 0 Å². The van der Waals surface area contributed by atoms with E-state index in [1.807, 2.05) is 43.1 Å². The third-order valence-electron chi connectivity index (χ3n) is 2.97. The van der Waals surface area contributed by atoms with E-state index < -0.39 is 0 Å². The monoisotopic (exact) mass is 324 g/mol. The number of halogens is 1. The Hall–Kier alpha value is -1.56. The summed E-state index contributed by atoms with van der Waals surface area (Å²) in [4.78, 5) is 12.0. The average Bonchev–Trinajstić information content (AvgIpc) is 2.96. The number of nitrogens with zero attached hydrogens (tertiary/aromatic N) is 3. The molecule has 19 heavy (non-hydrogen) atoms. The second-order valence-electron chi connectivity index (χ2n) is 4.30. The molecule has 5 nitrogen and oxygen atoms in total. The molecule has 0 unspecified atom stereocenters. The molecule has 1 amide bonds. The molecule has 0 aliphatic heterocycles. The Morgan fingerprint density at radius 1 is 1.53 bits per heavy atom. The van der Waals surface area contributed by atoms with Crippen molar-refractivity contribution in [1.82, 2.24) is 19.7 Å². The van der Waals surface area contributed by atoms with E-state index in [2.05, 4.69) is 26.3 Å². The van der Waals surface area contributed by atoms with Gasteiger partial charge in [-0.3, -0.25) is 9.48 Å². The van der Waals surface area contributed by atoms with Gasteiger partial charge in [0.15, 0.2) is 5.69 Å². The number of amides is 1. The zero-order chi connectivity index (χ0) is 13.8. The predicted octanol–water partition coefficient (Wildman–Crippen LogP) is 1.98. The summed E-state index contributed by atoms with van der Waals surface area (Å²) in [7, 11) is 2.00. The molecule has 0 saturated heterocycles. The van der Waals surface area contributed by atoms with E-state index in [9.17, 15) is 4.79 Å². The minimum absolute atomic E-state index is 0.145. The number of nitrogens with one attached hydrogen (secondary N) is 1. The first kappa shape index (κ1) is 13.9. The van der Waals surface area contributed by atoms with E-state index in [1.54, 1.807) is 4.68 Å². The van der Waals surface area contributed by atoms with Crippen LogP contribution in [0, 0.1) is 0 Å². The number of aryl methyl sites for hydroxylation is 2. The van der Waals surface area contributed by atoms with Gasteiger partial charge in [0.1, 0.15) is 0 Å². The van der Waals surface area contributed by atoms with Crippen LogP contribution in [-0.2, 0) is 20.0 Å². The zero-order valence-electron chi connectivity index (χ0n) is 11.1. The second-order valence-corrected chi connectivity index (χ2v) is 5.15. The molecule has 0 spiro atoms. The summed E-state index contributed by atoms with van der Waals surface area (Å²) in [6.45, 7) is 3.33. The summed E-state index contributed by atoms with van der Waals surface area (Å²) < 4.78 is 4.51. The van der Waals surface area contributed by atoms with Crippen LogP contribution in [0.5, 0.6) is 0 Å². The standard InChI is InChI=1S/C13H17BrN4O/c1-3-18-9-11(14)12(16-18)13(19)15-7-6-10-5-4-8-17(10)2/h4-5,8-9H,3,6-7H2,1-2H3,(H,15,19). The number of rotatable bonds is 5. The third-order valence-corrected chi connectivity index (χ3v) is 3.55. The summed E-state index contributed by atoms with van der Waals surface area (Å²) in [5.74, 6) is -0.145. The Morgan fingerprint density at radius 2 is 2.32 bits per heavy atom. The van der Waals surface area contributed by atoms with Gasteiger partial charge in [0.05, 0.1) is 4.47 Å². The summed E-state index contributed by atoms with van der Waals surface area (Å²) in [5, 5.41) is 7.10. The fourth-order valence-corrected chi connectivity index (χ4v) is 2.35. The highest BCUT2D eigenvalue weighted by Gasteiger charge is 2.14. The van der Waals surface area contributed by atoms with Gasteiger partial charge in [-0.15, -0.1) is 0 Å². The Bertz CT molecular complexity index is 573. The topological polar surface area (TPSA) is 51.9 Å². The SMILES string of the molecule is CCn1cc(Br)c(C(=O)NCCc2cccn2C)n1. The van der Waals surface area contributed by atoms with Crippen LogP contribution in [-0.4, -0.2) is 26.8 Å². The number of hydrogen-bond donors (Lipinski definition) is 1. The fraction of sp³-hybridized carbons (Fsp3) is 0.385. The van der Waals surface area contributed by atoms with Crippen LogP contribution >= 0.6 is 15.9 Å². The maximum Gasteiger partial charge on any atom is 0.272 e. The molecule has 2 aromatic heterocycles. The lowest BCUT2D eigenvalue weighted by atomic mass is 10.3. The van der Waals surface area contributed by atoms with E-state index >= 15 is 0 Å². The molecule has 0 saturated carbocycles. The van der Waals surface area contributed by atoms with Crippen molar-refractivity contribution < 1.29 is 4.79 Å². The molecule has 2 rings (SSSR count). The average molecular weight is 325 g/mol. The van der Waals surface area contributed by atoms with Crippen LogP contribution in [0.1, 0.15) is 23.1 Å². The molecule has 0 atom stereocenters. The Morgan fingerprint density at radius 3 is 2.89 bits per heavy atom. The van der Waals surface area contributed by atoms with Gasteiger partial charge in [-0.2, -0.15) is 5.10 Å². The van der Waals surface area contributed by atoms with Gasteiger partial charge < -0.3 is 9.88 Å². The van der Waals surface area contributed by atoms with Crippen LogP contribution in [0.2, 0.25) is 0 Å². The van der Waals surface area contributed by atoms with Crippen molar-refractivity contribution >= 4 is 21.8 Å². The van der Waals surface area contributed by atoms with E-state index in [0.717, 1.165) is 17.4 Å². The van der Waals surface area contributed by atoms with Crippen molar-refractivity contribution in [2.45, 2.75) is 19.9 Å². The van der Waals surface area contributed by atoms with Crippen molar-refractivity contribution in [3.8, 4) is 0 Å². The zero-order valence-corrected chi connectivity index (χ0v) is 12.6. The minimum Gasteiger partial charge on any atom is -0.354 e. The normalized spacial score (nSPS) is 10.7. The number of hydrogen-bond acceptors (Lipinski definition) is 2. The van der Waals surface area contributed by atoms with E-state index in [-0.39, 0.29) is 5.91 Å². The third kappa shape index (κ3) is 3.26. The molecular weight excluding hydrogens is 308 g/mol. The van der Waals surface area contributed by atoms with Gasteiger partial charge in [0, 0.05) is 44.6 Å². The number of carbonyl (C=O) groups excluding carboxylic acids is 1. The minimum atomic E-state index is -0.145. The van der Waals surface area contributed by atoms with Crippen LogP contribution < -0.4 is 5.32 Å². The lowest BCUT2D eigenvalue weighted by molar-refractivity contribution is 0.0947. The van der Waals surface area contributed by atoms with E-state index in [0.29, 0.717) is 12.2 Å². The van der Waals surface area contributed by atoms with Gasteiger partial charge in [-0.1, -0.05) is 0 Å². The summed E-state index contributed by atoms with van der Waals surface area (Å²) in [6.07, 6.45) is 4.62. The fourth-order valence-electron chi connectivity index (χ4n) is 1.86. The first-order valence-electron chi connectivity index (χ1n) is 6.23. The molecule has 0 aliphatic rings. The van der Waals surface area contributed by atoms with Gasteiger partial charge in [-0.05, 0) is 35.0 Å². The molecule has 1 N–H and O–H groups in total. The van der Waals surface area contributed by atoms with Gasteiger partial charge in [0.25, 0.3) is 5.91 Å². The molecule has 0 radical (unpaired) electrons. The van der Waals surface area contributed by atoms with Crippen molar-refractivity contribution in [2.24, 2.45) is 7.05 Å². The molecule has 2 aromatic rings. The van der Waals surface area contributed by atoms with Crippen LogP contribution in [0.15, 0.2) is 29.0 Å². The summed E-state index contributed by atoms with van der Waals surface area (Å²) in [6, 6.07) is 4.05. The molecule has 0 bridgehead atoms. The number of carbonyl (C=O) groups is 1. The lowest BCUT2D eigenvalue weighted by Crippen LogP contribution is -2.27. The Kier molecular flexibility index (Phi) is 4.42. The van der Waals surface area contributed by atoms with Crippen molar-refractivity contribution in [3.05, 3.63) is 40.4 Å². The molecule has 102 valence electrons. The van der Waals surface area contributed by atoms with Gasteiger partial charge >= 0.3 is 0 Å². The quantitative estimate of drug-likeness (QED) is 0.914. The maximum atomic E-state index is 12.0. The second kappa shape index (κ2) is 6.06. The summed E-state index contributed by atoms with van der Waals surface area (Å²) >= 11 is 3.35. The first-order valence-corrected chi connectivity index (χ1v) is 7.02. The Labute approximate surface area is 120 Å². The highest BCUT2D eigenvalue weighted by atomic mass is 79.9. The molecule has 2 heterocycles. The highest BCUT2D eigenvalue weighted by molar-refractivity contribution is 9.10. The smallest absolute Gasteiger partial charge is 0.272 e. The molecular formula is C13H17BrN4O. The molecule has 0 aromatic carbocycles. The highest BCUT2D eigenvalue weighted by Crippen LogP contribution is 2.14. The van der Waals surface area contributed by atoms with Crippen LogP contribution in [0.25, 0.3) is 0 Å². The van der Waals surface area contributed by atoms with Crippen molar-refractivity contribution in [3.63, 3.8) is 0 Å². The molecule has 0 aliphatic carbocycles. The van der Waals surface area contributed by atoms with Gasteiger partial charge in [0.2, 0.25) is 0 Å². The molecule has 0 fully saturated rings. The summed E-state index contributed by atoms with van der Waals surface area (Å²) in [5.41, 5.74) is 1.63. The lowest BCUT2D eigenvalue weighted by Gasteiger charge is -2.05. The van der Waals surface area contributed by atoms with E-state index in [1.165, 1.54) is 5.69 Å². The largest absolute Gasteiger partial charge is 0.354 e. The first-order chi connectivity index (χ1) is 9.11.